The van der Waals surface area contributed by atoms with Crippen molar-refractivity contribution in [2.45, 2.75) is 30.2 Å². The van der Waals surface area contributed by atoms with Gasteiger partial charge in [-0.3, -0.25) is 9.59 Å². The number of ether oxygens (including phenoxy) is 1. The number of amides is 1. The Kier molecular flexibility index (Phi) is 5.40. The molecule has 2 N–H and O–H groups in total. The third-order valence-electron chi connectivity index (χ3n) is 4.88. The Morgan fingerprint density at radius 3 is 2.79 bits per heavy atom. The molecule has 1 aromatic heterocycles. The summed E-state index contributed by atoms with van der Waals surface area (Å²) in [6, 6.07) is 15.6. The van der Waals surface area contributed by atoms with Crippen LogP contribution >= 0.6 is 11.8 Å². The average Bonchev–Trinajstić information content (AvgIpc) is 2.71. The van der Waals surface area contributed by atoms with Crippen LogP contribution in [0.2, 0.25) is 0 Å². The summed E-state index contributed by atoms with van der Waals surface area (Å²) >= 11 is 1.44. The Labute approximate surface area is 172 Å². The highest BCUT2D eigenvalue weighted by atomic mass is 32.2. The van der Waals surface area contributed by atoms with Crippen LogP contribution in [-0.4, -0.2) is 23.0 Å². The van der Waals surface area contributed by atoms with E-state index >= 15 is 0 Å². The monoisotopic (exact) mass is 407 g/mol. The summed E-state index contributed by atoms with van der Waals surface area (Å²) in [7, 11) is 1.59. The number of carbonyl (C=O) groups excluding carboxylic acids is 1. The number of aryl methyl sites for hydroxylation is 1. The molecule has 7 heteroatoms. The number of nitrogens with zero attached hydrogens (tertiary/aromatic N) is 1. The predicted molar refractivity (Wildman–Crippen MR) is 114 cm³/mol. The number of aromatic nitrogens is 2. The molecule has 1 aliphatic rings. The van der Waals surface area contributed by atoms with Crippen molar-refractivity contribution in [1.29, 1.82) is 0 Å². The summed E-state index contributed by atoms with van der Waals surface area (Å²) < 4.78 is 5.29. The van der Waals surface area contributed by atoms with Crippen molar-refractivity contribution in [3.8, 4) is 5.75 Å². The lowest BCUT2D eigenvalue weighted by molar-refractivity contribution is -0.116. The first-order valence-corrected chi connectivity index (χ1v) is 10.3. The number of fused-ring (bicyclic) bond motifs is 1. The fourth-order valence-electron chi connectivity index (χ4n) is 3.52. The molecule has 148 valence electrons. The van der Waals surface area contributed by atoms with Gasteiger partial charge in [0, 0.05) is 18.1 Å². The highest BCUT2D eigenvalue weighted by molar-refractivity contribution is 7.98. The van der Waals surface area contributed by atoms with E-state index in [1.165, 1.54) is 17.3 Å². The SMILES string of the molecule is COc1cccc(C2CC(=O)Nc3nc(SCc4cccc(C)c4)[nH]c(=O)c32)c1. The van der Waals surface area contributed by atoms with E-state index < -0.39 is 0 Å². The summed E-state index contributed by atoms with van der Waals surface area (Å²) in [5.41, 5.74) is 3.44. The molecule has 4 rings (SSSR count). The van der Waals surface area contributed by atoms with Gasteiger partial charge in [-0.1, -0.05) is 53.7 Å². The van der Waals surface area contributed by atoms with E-state index in [-0.39, 0.29) is 23.8 Å². The quantitative estimate of drug-likeness (QED) is 0.496. The average molecular weight is 407 g/mol. The van der Waals surface area contributed by atoms with Crippen LogP contribution in [0, 0.1) is 6.92 Å². The summed E-state index contributed by atoms with van der Waals surface area (Å²) in [5.74, 6) is 1.18. The molecule has 1 atom stereocenters. The molecule has 2 heterocycles. The molecule has 0 radical (unpaired) electrons. The molecule has 0 bridgehead atoms. The number of aromatic amines is 1. The fourth-order valence-corrected chi connectivity index (χ4v) is 4.32. The Bertz CT molecular complexity index is 1130. The number of rotatable bonds is 5. The van der Waals surface area contributed by atoms with Gasteiger partial charge >= 0.3 is 0 Å². The van der Waals surface area contributed by atoms with Gasteiger partial charge in [0.05, 0.1) is 12.7 Å². The number of H-pyrrole nitrogens is 1. The maximum Gasteiger partial charge on any atom is 0.257 e. The first-order chi connectivity index (χ1) is 14.0. The molecule has 6 nitrogen and oxygen atoms in total. The van der Waals surface area contributed by atoms with Gasteiger partial charge in [-0.15, -0.1) is 0 Å². The van der Waals surface area contributed by atoms with Crippen LogP contribution in [0.5, 0.6) is 5.75 Å². The number of thioether (sulfide) groups is 1. The second-order valence-electron chi connectivity index (χ2n) is 6.99. The van der Waals surface area contributed by atoms with Gasteiger partial charge in [-0.05, 0) is 30.2 Å². The molecule has 29 heavy (non-hydrogen) atoms. The Balaban J connectivity index is 1.65. The predicted octanol–water partition coefficient (Wildman–Crippen LogP) is 3.85. The number of nitrogens with one attached hydrogen (secondary N) is 2. The van der Waals surface area contributed by atoms with E-state index in [1.54, 1.807) is 7.11 Å². The molecular weight excluding hydrogens is 386 g/mol. The molecule has 0 saturated carbocycles. The molecule has 0 saturated heterocycles. The van der Waals surface area contributed by atoms with Crippen LogP contribution in [0.25, 0.3) is 0 Å². The van der Waals surface area contributed by atoms with Gasteiger partial charge in [-0.2, -0.15) is 0 Å². The van der Waals surface area contributed by atoms with E-state index in [0.717, 1.165) is 11.1 Å². The van der Waals surface area contributed by atoms with Crippen molar-refractivity contribution in [3.05, 3.63) is 81.1 Å². The molecule has 1 aliphatic heterocycles. The highest BCUT2D eigenvalue weighted by Crippen LogP contribution is 2.35. The smallest absolute Gasteiger partial charge is 0.257 e. The lowest BCUT2D eigenvalue weighted by Gasteiger charge is -2.24. The van der Waals surface area contributed by atoms with Crippen LogP contribution in [0.15, 0.2) is 58.5 Å². The Morgan fingerprint density at radius 2 is 2.00 bits per heavy atom. The zero-order valence-corrected chi connectivity index (χ0v) is 17.0. The number of carbonyl (C=O) groups is 1. The molecule has 3 aromatic rings. The Hall–Kier alpha value is -3.06. The first kappa shape index (κ1) is 19.3. The highest BCUT2D eigenvalue weighted by Gasteiger charge is 2.31. The Morgan fingerprint density at radius 1 is 1.17 bits per heavy atom. The number of benzene rings is 2. The number of anilines is 1. The fraction of sp³-hybridized carbons (Fsp3) is 0.227. The normalized spacial score (nSPS) is 15.5. The van der Waals surface area contributed by atoms with Crippen LogP contribution in [0.1, 0.15) is 34.6 Å². The van der Waals surface area contributed by atoms with Crippen LogP contribution in [-0.2, 0) is 10.5 Å². The molecule has 0 aliphatic carbocycles. The van der Waals surface area contributed by atoms with Crippen molar-refractivity contribution < 1.29 is 9.53 Å². The van der Waals surface area contributed by atoms with Crippen LogP contribution in [0.4, 0.5) is 5.82 Å². The second kappa shape index (κ2) is 8.13. The topological polar surface area (TPSA) is 84.1 Å². The van der Waals surface area contributed by atoms with E-state index in [0.29, 0.717) is 28.0 Å². The van der Waals surface area contributed by atoms with E-state index in [2.05, 4.69) is 21.4 Å². The summed E-state index contributed by atoms with van der Waals surface area (Å²) in [4.78, 5) is 32.6. The van der Waals surface area contributed by atoms with Gasteiger partial charge < -0.3 is 15.0 Å². The summed E-state index contributed by atoms with van der Waals surface area (Å²) in [6.45, 7) is 2.04. The maximum atomic E-state index is 12.9. The van der Waals surface area contributed by atoms with E-state index in [1.807, 2.05) is 49.4 Å². The zero-order chi connectivity index (χ0) is 20.4. The molecule has 1 unspecified atom stereocenters. The van der Waals surface area contributed by atoms with Gasteiger partial charge in [0.2, 0.25) is 5.91 Å². The van der Waals surface area contributed by atoms with E-state index in [4.69, 9.17) is 4.74 Å². The van der Waals surface area contributed by atoms with Crippen LogP contribution in [0.3, 0.4) is 0 Å². The second-order valence-corrected chi connectivity index (χ2v) is 7.96. The van der Waals surface area contributed by atoms with Gasteiger partial charge in [0.15, 0.2) is 5.16 Å². The van der Waals surface area contributed by atoms with Crippen molar-refractivity contribution in [1.82, 2.24) is 9.97 Å². The van der Waals surface area contributed by atoms with Gasteiger partial charge in [0.1, 0.15) is 11.6 Å². The lowest BCUT2D eigenvalue weighted by atomic mass is 9.87. The van der Waals surface area contributed by atoms with Crippen molar-refractivity contribution >= 4 is 23.5 Å². The molecule has 0 spiro atoms. The van der Waals surface area contributed by atoms with Crippen LogP contribution < -0.4 is 15.6 Å². The van der Waals surface area contributed by atoms with Gasteiger partial charge in [0.25, 0.3) is 5.56 Å². The minimum atomic E-state index is -0.360. The largest absolute Gasteiger partial charge is 0.497 e. The maximum absolute atomic E-state index is 12.9. The zero-order valence-electron chi connectivity index (χ0n) is 16.2. The summed E-state index contributed by atoms with van der Waals surface area (Å²) in [5, 5.41) is 3.25. The lowest BCUT2D eigenvalue weighted by Crippen LogP contribution is -2.31. The van der Waals surface area contributed by atoms with Crippen molar-refractivity contribution in [2.24, 2.45) is 0 Å². The third kappa shape index (κ3) is 4.19. The van der Waals surface area contributed by atoms with Crippen molar-refractivity contribution in [3.63, 3.8) is 0 Å². The number of hydrogen-bond acceptors (Lipinski definition) is 5. The number of methoxy groups -OCH3 is 1. The standard InChI is InChI=1S/C22H21N3O3S/c1-13-5-3-6-14(9-13)12-29-22-24-20-19(21(27)25-22)17(11-18(26)23-20)15-7-4-8-16(10-15)28-2/h3-10,17H,11-12H2,1-2H3,(H2,23,24,25,26,27). The molecule has 2 aromatic carbocycles. The molecular formula is C22H21N3O3S. The first-order valence-electron chi connectivity index (χ1n) is 9.30. The van der Waals surface area contributed by atoms with Gasteiger partial charge in [-0.25, -0.2) is 4.98 Å². The number of hydrogen-bond donors (Lipinski definition) is 2. The van der Waals surface area contributed by atoms with E-state index in [9.17, 15) is 9.59 Å². The minimum absolute atomic E-state index is 0.155. The van der Waals surface area contributed by atoms with Crippen molar-refractivity contribution in [2.75, 3.05) is 12.4 Å². The minimum Gasteiger partial charge on any atom is -0.497 e. The summed E-state index contributed by atoms with van der Waals surface area (Å²) in [6.07, 6.45) is 0.195. The molecule has 0 fully saturated rings. The molecule has 1 amide bonds. The third-order valence-corrected chi connectivity index (χ3v) is 5.83.